The highest BCUT2D eigenvalue weighted by Gasteiger charge is 2.40. The van der Waals surface area contributed by atoms with Crippen molar-refractivity contribution in [1.82, 2.24) is 10.2 Å². The van der Waals surface area contributed by atoms with Gasteiger partial charge in [0.05, 0.1) is 20.3 Å². The summed E-state index contributed by atoms with van der Waals surface area (Å²) in [5, 5.41) is 3.36. The van der Waals surface area contributed by atoms with E-state index in [4.69, 9.17) is 9.47 Å². The summed E-state index contributed by atoms with van der Waals surface area (Å²) in [4.78, 5) is 14.6. The van der Waals surface area contributed by atoms with Gasteiger partial charge < -0.3 is 14.8 Å². The number of hydrogen-bond donors (Lipinski definition) is 1. The normalized spacial score (nSPS) is 23.3. The molecule has 1 fully saturated rings. The van der Waals surface area contributed by atoms with Gasteiger partial charge in [0.25, 0.3) is 0 Å². The second kappa shape index (κ2) is 7.56. The third-order valence-electron chi connectivity index (χ3n) is 4.35. The zero-order chi connectivity index (χ0) is 16.1. The Morgan fingerprint density at radius 3 is 2.71 bits per heavy atom. The largest absolute Gasteiger partial charge is 0.468 e. The minimum atomic E-state index is -0.640. The quantitative estimate of drug-likeness (QED) is 0.727. The highest BCUT2D eigenvalue weighted by Crippen LogP contribution is 2.26. The van der Waals surface area contributed by atoms with Gasteiger partial charge in [0.2, 0.25) is 0 Å². The van der Waals surface area contributed by atoms with Crippen molar-refractivity contribution < 1.29 is 14.3 Å². The monoisotopic (exact) mass is 300 g/mol. The third kappa shape index (κ3) is 4.66. The highest BCUT2D eigenvalue weighted by atomic mass is 16.5. The molecule has 0 aliphatic carbocycles. The molecular formula is C16H32N2O3. The van der Waals surface area contributed by atoms with Crippen molar-refractivity contribution in [2.24, 2.45) is 0 Å². The summed E-state index contributed by atoms with van der Waals surface area (Å²) < 4.78 is 10.6. The van der Waals surface area contributed by atoms with Crippen LogP contribution in [0.1, 0.15) is 47.5 Å². The first kappa shape index (κ1) is 18.4. The summed E-state index contributed by atoms with van der Waals surface area (Å²) in [6.45, 7) is 13.8. The molecule has 5 nitrogen and oxygen atoms in total. The van der Waals surface area contributed by atoms with Crippen LogP contribution in [0.25, 0.3) is 0 Å². The van der Waals surface area contributed by atoms with E-state index in [2.05, 4.69) is 37.9 Å². The molecule has 2 atom stereocenters. The molecule has 1 aliphatic rings. The molecular weight excluding hydrogens is 268 g/mol. The van der Waals surface area contributed by atoms with Crippen LogP contribution in [0.5, 0.6) is 0 Å². The molecule has 5 heteroatoms. The van der Waals surface area contributed by atoms with Crippen LogP contribution in [-0.2, 0) is 14.3 Å². The van der Waals surface area contributed by atoms with Gasteiger partial charge in [0.1, 0.15) is 5.54 Å². The molecule has 0 amide bonds. The van der Waals surface area contributed by atoms with Crippen LogP contribution >= 0.6 is 0 Å². The van der Waals surface area contributed by atoms with Crippen molar-refractivity contribution >= 4 is 5.97 Å². The number of methoxy groups -OCH3 is 1. The molecule has 0 aromatic carbocycles. The molecule has 124 valence electrons. The Kier molecular flexibility index (Phi) is 6.63. The van der Waals surface area contributed by atoms with Gasteiger partial charge in [-0.3, -0.25) is 9.69 Å². The number of rotatable bonds is 7. The van der Waals surface area contributed by atoms with E-state index in [1.165, 1.54) is 7.11 Å². The Hall–Kier alpha value is -0.650. The minimum Gasteiger partial charge on any atom is -0.468 e. The van der Waals surface area contributed by atoms with Gasteiger partial charge in [-0.15, -0.1) is 0 Å². The predicted molar refractivity (Wildman–Crippen MR) is 84.4 cm³/mol. The van der Waals surface area contributed by atoms with Crippen molar-refractivity contribution in [3.63, 3.8) is 0 Å². The second-order valence-electron chi connectivity index (χ2n) is 6.86. The molecule has 0 saturated carbocycles. The van der Waals surface area contributed by atoms with Crippen molar-refractivity contribution in [3.8, 4) is 0 Å². The van der Waals surface area contributed by atoms with Gasteiger partial charge >= 0.3 is 5.97 Å². The van der Waals surface area contributed by atoms with E-state index in [1.54, 1.807) is 0 Å². The molecule has 0 radical (unpaired) electrons. The number of morpholine rings is 1. The van der Waals surface area contributed by atoms with E-state index >= 15 is 0 Å². The summed E-state index contributed by atoms with van der Waals surface area (Å²) in [6.07, 6.45) is 1.72. The van der Waals surface area contributed by atoms with Crippen LogP contribution in [0.15, 0.2) is 0 Å². The molecule has 21 heavy (non-hydrogen) atoms. The fourth-order valence-electron chi connectivity index (χ4n) is 3.24. The maximum Gasteiger partial charge on any atom is 0.325 e. The molecule has 0 aromatic rings. The summed E-state index contributed by atoms with van der Waals surface area (Å²) in [5.41, 5.74) is -0.641. The first-order chi connectivity index (χ1) is 9.77. The second-order valence-corrected chi connectivity index (χ2v) is 6.86. The van der Waals surface area contributed by atoms with Crippen LogP contribution in [0.3, 0.4) is 0 Å². The molecule has 1 rings (SSSR count). The van der Waals surface area contributed by atoms with E-state index in [9.17, 15) is 4.79 Å². The third-order valence-corrected chi connectivity index (χ3v) is 4.35. The Labute approximate surface area is 129 Å². The molecule has 1 N–H and O–H groups in total. The average molecular weight is 300 g/mol. The first-order valence-corrected chi connectivity index (χ1v) is 7.95. The van der Waals surface area contributed by atoms with Gasteiger partial charge in [-0.05, 0) is 47.1 Å². The van der Waals surface area contributed by atoms with Gasteiger partial charge in [-0.1, -0.05) is 6.92 Å². The fourth-order valence-corrected chi connectivity index (χ4v) is 3.24. The molecule has 0 bridgehead atoms. The topological polar surface area (TPSA) is 50.8 Å². The molecule has 0 aromatic heterocycles. The SMILES string of the molecule is CCCNC(C)(CC(C)N1CCOCC1(C)C)C(=O)OC. The Morgan fingerprint density at radius 1 is 1.52 bits per heavy atom. The van der Waals surface area contributed by atoms with Gasteiger partial charge in [0, 0.05) is 18.1 Å². The number of esters is 1. The Morgan fingerprint density at radius 2 is 2.19 bits per heavy atom. The van der Waals surface area contributed by atoms with Crippen molar-refractivity contribution in [2.45, 2.75) is 64.6 Å². The molecule has 0 spiro atoms. The molecule has 1 heterocycles. The van der Waals surface area contributed by atoms with Crippen molar-refractivity contribution in [1.29, 1.82) is 0 Å². The summed E-state index contributed by atoms with van der Waals surface area (Å²) in [6, 6.07) is 0.275. The van der Waals surface area contributed by atoms with Crippen LogP contribution in [-0.4, -0.2) is 61.4 Å². The van der Waals surface area contributed by atoms with E-state index in [1.807, 2.05) is 6.92 Å². The average Bonchev–Trinajstić information content (AvgIpc) is 2.43. The number of carbonyl (C=O) groups excluding carboxylic acids is 1. The van der Waals surface area contributed by atoms with Gasteiger partial charge in [-0.25, -0.2) is 0 Å². The first-order valence-electron chi connectivity index (χ1n) is 7.95. The zero-order valence-corrected chi connectivity index (χ0v) is 14.5. The van der Waals surface area contributed by atoms with E-state index in [0.717, 1.165) is 39.1 Å². The maximum atomic E-state index is 12.2. The lowest BCUT2D eigenvalue weighted by Crippen LogP contribution is -2.60. The van der Waals surface area contributed by atoms with Crippen LogP contribution in [0, 0.1) is 0 Å². The zero-order valence-electron chi connectivity index (χ0n) is 14.5. The Bertz CT molecular complexity index is 346. The standard InChI is InChI=1S/C16H32N2O3/c1-7-8-17-16(5,14(19)20-6)11-13(2)18-9-10-21-12-15(18,3)4/h13,17H,7-12H2,1-6H3. The molecule has 1 saturated heterocycles. The fraction of sp³-hybridized carbons (Fsp3) is 0.938. The van der Waals surface area contributed by atoms with Gasteiger partial charge in [0.15, 0.2) is 0 Å². The van der Waals surface area contributed by atoms with Crippen LogP contribution in [0.4, 0.5) is 0 Å². The van der Waals surface area contributed by atoms with Gasteiger partial charge in [-0.2, -0.15) is 0 Å². The maximum absolute atomic E-state index is 12.2. The summed E-state index contributed by atoms with van der Waals surface area (Å²) in [7, 11) is 1.46. The van der Waals surface area contributed by atoms with Crippen molar-refractivity contribution in [3.05, 3.63) is 0 Å². The number of nitrogens with one attached hydrogen (secondary N) is 1. The summed E-state index contributed by atoms with van der Waals surface area (Å²) >= 11 is 0. The van der Waals surface area contributed by atoms with Crippen molar-refractivity contribution in [2.75, 3.05) is 33.4 Å². The number of hydrogen-bond acceptors (Lipinski definition) is 5. The lowest BCUT2D eigenvalue weighted by atomic mass is 9.89. The van der Waals surface area contributed by atoms with Crippen LogP contribution < -0.4 is 5.32 Å². The lowest BCUT2D eigenvalue weighted by molar-refractivity contribution is -0.149. The van der Waals surface area contributed by atoms with E-state index in [-0.39, 0.29) is 17.6 Å². The smallest absolute Gasteiger partial charge is 0.325 e. The lowest BCUT2D eigenvalue weighted by Gasteiger charge is -2.47. The minimum absolute atomic E-state index is 0.000543. The molecule has 2 unspecified atom stereocenters. The summed E-state index contributed by atoms with van der Waals surface area (Å²) in [5.74, 6) is -0.186. The van der Waals surface area contributed by atoms with E-state index < -0.39 is 5.54 Å². The predicted octanol–water partition coefficient (Wildman–Crippen LogP) is 1.81. The number of carbonyl (C=O) groups is 1. The highest BCUT2D eigenvalue weighted by molar-refractivity contribution is 5.80. The number of ether oxygens (including phenoxy) is 2. The molecule has 1 aliphatic heterocycles. The van der Waals surface area contributed by atoms with E-state index in [0.29, 0.717) is 0 Å². The van der Waals surface area contributed by atoms with Crippen LogP contribution in [0.2, 0.25) is 0 Å². The number of nitrogens with zero attached hydrogens (tertiary/aromatic N) is 1. The Balaban J connectivity index is 2.79.